The molecule has 0 aliphatic carbocycles. The predicted molar refractivity (Wildman–Crippen MR) is 91.5 cm³/mol. The lowest BCUT2D eigenvalue weighted by atomic mass is 10.3. The van der Waals surface area contributed by atoms with Crippen molar-refractivity contribution in [1.82, 2.24) is 10.2 Å². The van der Waals surface area contributed by atoms with Gasteiger partial charge in [0.2, 0.25) is 11.0 Å². The predicted octanol–water partition coefficient (Wildman–Crippen LogP) is 4.36. The molecule has 0 fully saturated rings. The lowest BCUT2D eigenvalue weighted by Gasteiger charge is -2.07. The summed E-state index contributed by atoms with van der Waals surface area (Å²) in [6.45, 7) is 0.390. The van der Waals surface area contributed by atoms with Crippen molar-refractivity contribution in [3.05, 3.63) is 28.2 Å². The van der Waals surface area contributed by atoms with E-state index in [2.05, 4.69) is 15.5 Å². The van der Waals surface area contributed by atoms with Crippen molar-refractivity contribution in [2.24, 2.45) is 0 Å². The van der Waals surface area contributed by atoms with Crippen molar-refractivity contribution < 1.29 is 9.53 Å². The largest absolute Gasteiger partial charge is 0.492 e. The highest BCUT2D eigenvalue weighted by Gasteiger charge is 2.08. The van der Waals surface area contributed by atoms with Crippen LogP contribution in [0.3, 0.4) is 0 Å². The van der Waals surface area contributed by atoms with Gasteiger partial charge in [0.05, 0.1) is 11.6 Å². The summed E-state index contributed by atoms with van der Waals surface area (Å²) in [4.78, 5) is 11.8. The van der Waals surface area contributed by atoms with Crippen LogP contribution in [0.15, 0.2) is 22.5 Å². The van der Waals surface area contributed by atoms with Gasteiger partial charge in [-0.2, -0.15) is 0 Å². The molecule has 9 heteroatoms. The van der Waals surface area contributed by atoms with Crippen molar-refractivity contribution in [1.29, 1.82) is 0 Å². The molecule has 0 radical (unpaired) electrons. The molecule has 1 N–H and O–H groups in total. The summed E-state index contributed by atoms with van der Waals surface area (Å²) in [5, 5.41) is 12.0. The van der Waals surface area contributed by atoms with E-state index in [1.165, 1.54) is 23.1 Å². The third-order valence-electron chi connectivity index (χ3n) is 2.53. The number of nitrogens with zero attached hydrogens (tertiary/aromatic N) is 2. The molecule has 1 amide bonds. The molecule has 0 aliphatic rings. The highest BCUT2D eigenvalue weighted by Crippen LogP contribution is 2.27. The summed E-state index contributed by atoms with van der Waals surface area (Å²) in [5.41, 5.74) is 0. The Morgan fingerprint density at radius 3 is 2.91 bits per heavy atom. The van der Waals surface area contributed by atoms with E-state index >= 15 is 0 Å². The summed E-state index contributed by atoms with van der Waals surface area (Å²) in [7, 11) is 0. The first-order valence-corrected chi connectivity index (χ1v) is 9.13. The van der Waals surface area contributed by atoms with Crippen LogP contribution in [0.25, 0.3) is 0 Å². The van der Waals surface area contributed by atoms with Gasteiger partial charge in [0, 0.05) is 11.4 Å². The van der Waals surface area contributed by atoms with E-state index in [1.54, 1.807) is 18.2 Å². The lowest BCUT2D eigenvalue weighted by Crippen LogP contribution is -2.12. The molecule has 1 aromatic carbocycles. The molecule has 0 saturated carbocycles. The monoisotopic (exact) mass is 377 g/mol. The number of amides is 1. The van der Waals surface area contributed by atoms with Gasteiger partial charge in [-0.1, -0.05) is 46.3 Å². The zero-order chi connectivity index (χ0) is 15.9. The Morgan fingerprint density at radius 1 is 1.41 bits per heavy atom. The molecule has 0 bridgehead atoms. The third kappa shape index (κ3) is 5.31. The summed E-state index contributed by atoms with van der Waals surface area (Å²) in [6.07, 6.45) is 2.81. The quantitative estimate of drug-likeness (QED) is 0.441. The highest BCUT2D eigenvalue weighted by molar-refractivity contribution is 8.00. The average molecular weight is 378 g/mol. The van der Waals surface area contributed by atoms with Gasteiger partial charge in [0.1, 0.15) is 5.75 Å². The van der Waals surface area contributed by atoms with E-state index in [-0.39, 0.29) is 5.91 Å². The van der Waals surface area contributed by atoms with Crippen LogP contribution in [-0.4, -0.2) is 29.0 Å². The van der Waals surface area contributed by atoms with Gasteiger partial charge in [-0.25, -0.2) is 0 Å². The minimum absolute atomic E-state index is 0.116. The Kier molecular flexibility index (Phi) is 6.75. The lowest BCUT2D eigenvalue weighted by molar-refractivity contribution is -0.116. The summed E-state index contributed by atoms with van der Waals surface area (Å²) in [5.74, 6) is 0.440. The van der Waals surface area contributed by atoms with Crippen molar-refractivity contribution in [3.8, 4) is 5.75 Å². The fourth-order valence-electron chi connectivity index (χ4n) is 1.53. The van der Waals surface area contributed by atoms with E-state index in [1.807, 2.05) is 6.26 Å². The van der Waals surface area contributed by atoms with Gasteiger partial charge in [-0.15, -0.1) is 10.2 Å². The molecule has 0 spiro atoms. The number of benzene rings is 1. The third-order valence-corrected chi connectivity index (χ3v) is 4.87. The first-order chi connectivity index (χ1) is 10.6. The van der Waals surface area contributed by atoms with Gasteiger partial charge in [-0.3, -0.25) is 4.79 Å². The second kappa shape index (κ2) is 8.57. The number of hydrogen-bond acceptors (Lipinski definition) is 6. The van der Waals surface area contributed by atoms with Crippen molar-refractivity contribution >= 4 is 57.3 Å². The summed E-state index contributed by atoms with van der Waals surface area (Å²) in [6, 6.07) is 5.02. The Hall–Kier alpha value is -1.02. The number of nitrogens with one attached hydrogen (secondary N) is 1. The number of thioether (sulfide) groups is 1. The Labute approximate surface area is 146 Å². The number of aromatic nitrogens is 2. The van der Waals surface area contributed by atoms with Crippen molar-refractivity contribution in [2.45, 2.75) is 17.2 Å². The molecule has 0 saturated heterocycles. The molecule has 1 aromatic heterocycles. The van der Waals surface area contributed by atoms with E-state index in [9.17, 15) is 4.79 Å². The molecular weight excluding hydrogens is 365 g/mol. The number of carbonyl (C=O) groups excluding carboxylic acids is 1. The molecule has 0 aliphatic heterocycles. The molecule has 0 atom stereocenters. The fraction of sp³-hybridized carbons (Fsp3) is 0.308. The van der Waals surface area contributed by atoms with E-state index in [0.29, 0.717) is 40.4 Å². The normalized spacial score (nSPS) is 10.5. The number of hydrogen-bond donors (Lipinski definition) is 1. The van der Waals surface area contributed by atoms with Crippen LogP contribution in [0.4, 0.5) is 5.13 Å². The minimum atomic E-state index is -0.116. The van der Waals surface area contributed by atoms with Crippen LogP contribution < -0.4 is 10.1 Å². The number of ether oxygens (including phenoxy) is 1. The van der Waals surface area contributed by atoms with Crippen molar-refractivity contribution in [2.75, 3.05) is 18.2 Å². The smallest absolute Gasteiger partial charge is 0.226 e. The first-order valence-electron chi connectivity index (χ1n) is 6.33. The second-order valence-electron chi connectivity index (χ2n) is 4.15. The molecule has 0 unspecified atom stereocenters. The number of carbonyl (C=O) groups is 1. The second-order valence-corrected chi connectivity index (χ2v) is 7.03. The molecule has 2 aromatic rings. The zero-order valence-electron chi connectivity index (χ0n) is 11.6. The topological polar surface area (TPSA) is 64.1 Å². The Bertz CT molecular complexity index is 652. The minimum Gasteiger partial charge on any atom is -0.492 e. The van der Waals surface area contributed by atoms with Gasteiger partial charge >= 0.3 is 0 Å². The van der Waals surface area contributed by atoms with Crippen LogP contribution in [0.2, 0.25) is 10.0 Å². The maximum Gasteiger partial charge on any atom is 0.226 e. The van der Waals surface area contributed by atoms with Crippen LogP contribution >= 0.6 is 46.3 Å². The van der Waals surface area contributed by atoms with Crippen LogP contribution in [-0.2, 0) is 4.79 Å². The highest BCUT2D eigenvalue weighted by atomic mass is 35.5. The maximum absolute atomic E-state index is 11.8. The molecule has 22 heavy (non-hydrogen) atoms. The average Bonchev–Trinajstić information content (AvgIpc) is 2.93. The molecular formula is C13H13Cl2N3O2S2. The fourth-order valence-corrected chi connectivity index (χ4v) is 3.18. The number of halogens is 2. The van der Waals surface area contributed by atoms with Gasteiger partial charge in [0.25, 0.3) is 0 Å². The van der Waals surface area contributed by atoms with E-state index < -0.39 is 0 Å². The van der Waals surface area contributed by atoms with Gasteiger partial charge < -0.3 is 10.1 Å². The zero-order valence-corrected chi connectivity index (χ0v) is 14.8. The van der Waals surface area contributed by atoms with Gasteiger partial charge in [-0.05, 0) is 30.9 Å². The van der Waals surface area contributed by atoms with Crippen LogP contribution in [0, 0.1) is 0 Å². The van der Waals surface area contributed by atoms with Crippen LogP contribution in [0.5, 0.6) is 5.75 Å². The SMILES string of the molecule is CSc1nnc(NC(=O)CCCOc2ccc(Cl)cc2Cl)s1. The summed E-state index contributed by atoms with van der Waals surface area (Å²) < 4.78 is 6.33. The molecule has 118 valence electrons. The number of anilines is 1. The summed E-state index contributed by atoms with van der Waals surface area (Å²) >= 11 is 14.6. The maximum atomic E-state index is 11.8. The van der Waals surface area contributed by atoms with Gasteiger partial charge in [0.15, 0.2) is 4.34 Å². The van der Waals surface area contributed by atoms with E-state index in [4.69, 9.17) is 27.9 Å². The van der Waals surface area contributed by atoms with E-state index in [0.717, 1.165) is 4.34 Å². The Morgan fingerprint density at radius 2 is 2.23 bits per heavy atom. The van der Waals surface area contributed by atoms with Crippen molar-refractivity contribution in [3.63, 3.8) is 0 Å². The number of rotatable bonds is 7. The standard InChI is InChI=1S/C13H13Cl2N3O2S2/c1-21-13-18-17-12(22-13)16-11(19)3-2-6-20-10-5-4-8(14)7-9(10)15/h4-5,7H,2-3,6H2,1H3,(H,16,17,19). The molecule has 5 nitrogen and oxygen atoms in total. The Balaban J connectivity index is 1.70. The molecule has 1 heterocycles. The first kappa shape index (κ1) is 17.3. The molecule has 2 rings (SSSR count). The van der Waals surface area contributed by atoms with Crippen LogP contribution in [0.1, 0.15) is 12.8 Å².